The van der Waals surface area contributed by atoms with Crippen molar-refractivity contribution in [3.63, 3.8) is 0 Å². The summed E-state index contributed by atoms with van der Waals surface area (Å²) in [6.45, 7) is 6.66. The highest BCUT2D eigenvalue weighted by atomic mass is 32.1. The number of benzene rings is 1. The molecule has 0 fully saturated rings. The second kappa shape index (κ2) is 8.11. The fraction of sp³-hybridized carbons (Fsp3) is 0.368. The molecule has 1 aromatic carbocycles. The fourth-order valence-electron chi connectivity index (χ4n) is 2.24. The lowest BCUT2D eigenvalue weighted by atomic mass is 9.92. The summed E-state index contributed by atoms with van der Waals surface area (Å²) in [5, 5.41) is 7.79. The maximum atomic E-state index is 12.0. The number of rotatable bonds is 6. The predicted molar refractivity (Wildman–Crippen MR) is 99.0 cm³/mol. The van der Waals surface area contributed by atoms with Crippen LogP contribution in [0.15, 0.2) is 41.8 Å². The van der Waals surface area contributed by atoms with Crippen LogP contribution in [0.3, 0.4) is 0 Å². The number of hydrogen-bond donors (Lipinski definition) is 2. The van der Waals surface area contributed by atoms with Gasteiger partial charge in [-0.05, 0) is 34.6 Å². The third-order valence-corrected chi connectivity index (χ3v) is 4.21. The van der Waals surface area contributed by atoms with Gasteiger partial charge in [-0.1, -0.05) is 39.0 Å². The van der Waals surface area contributed by atoms with Crippen molar-refractivity contribution in [2.45, 2.75) is 40.2 Å². The average Bonchev–Trinajstić information content (AvgIpc) is 2.98. The van der Waals surface area contributed by atoms with Gasteiger partial charge in [-0.3, -0.25) is 9.59 Å². The number of carbonyl (C=O) groups is 2. The molecule has 2 amide bonds. The van der Waals surface area contributed by atoms with Crippen molar-refractivity contribution < 1.29 is 9.59 Å². The Labute approximate surface area is 147 Å². The summed E-state index contributed by atoms with van der Waals surface area (Å²) < 4.78 is 0. The van der Waals surface area contributed by atoms with Crippen molar-refractivity contribution in [2.24, 2.45) is 5.41 Å². The minimum absolute atomic E-state index is 0.00365. The molecular weight excluding hydrogens is 320 g/mol. The number of thiophene rings is 1. The van der Waals surface area contributed by atoms with E-state index in [1.54, 1.807) is 11.3 Å². The van der Waals surface area contributed by atoms with E-state index in [-0.39, 0.29) is 17.2 Å². The van der Waals surface area contributed by atoms with Crippen LogP contribution in [0.4, 0.5) is 5.69 Å². The van der Waals surface area contributed by atoms with E-state index in [0.29, 0.717) is 19.4 Å². The van der Waals surface area contributed by atoms with Crippen molar-refractivity contribution >= 4 is 28.8 Å². The third kappa shape index (κ3) is 6.54. The molecule has 128 valence electrons. The normalized spacial score (nSPS) is 11.1. The molecule has 0 aliphatic rings. The minimum atomic E-state index is -0.0370. The SMILES string of the molecule is CC(C)(C)CC(=O)Nc1ccc(CC(=O)NCc2cccs2)cc1. The Morgan fingerprint density at radius 2 is 1.75 bits per heavy atom. The van der Waals surface area contributed by atoms with Crippen molar-refractivity contribution in [3.8, 4) is 0 Å². The van der Waals surface area contributed by atoms with E-state index in [2.05, 4.69) is 10.6 Å². The number of amides is 2. The van der Waals surface area contributed by atoms with Gasteiger partial charge in [0.1, 0.15) is 0 Å². The van der Waals surface area contributed by atoms with Gasteiger partial charge in [0, 0.05) is 17.0 Å². The first-order valence-corrected chi connectivity index (χ1v) is 8.88. The fourth-order valence-corrected chi connectivity index (χ4v) is 2.88. The zero-order valence-electron chi connectivity index (χ0n) is 14.4. The van der Waals surface area contributed by atoms with Crippen LogP contribution in [0.5, 0.6) is 0 Å². The quantitative estimate of drug-likeness (QED) is 0.833. The molecule has 0 aliphatic heterocycles. The van der Waals surface area contributed by atoms with E-state index in [4.69, 9.17) is 0 Å². The summed E-state index contributed by atoms with van der Waals surface area (Å²) in [5.74, 6) is -0.00291. The Balaban J connectivity index is 1.81. The molecular formula is C19H24N2O2S. The van der Waals surface area contributed by atoms with Gasteiger partial charge in [0.25, 0.3) is 0 Å². The molecule has 5 heteroatoms. The molecule has 2 aromatic rings. The molecule has 2 N–H and O–H groups in total. The molecule has 0 radical (unpaired) electrons. The van der Waals surface area contributed by atoms with Crippen molar-refractivity contribution in [3.05, 3.63) is 52.2 Å². The summed E-state index contributed by atoms with van der Waals surface area (Å²) in [6, 6.07) is 11.4. The minimum Gasteiger partial charge on any atom is -0.351 e. The van der Waals surface area contributed by atoms with E-state index in [0.717, 1.165) is 16.1 Å². The van der Waals surface area contributed by atoms with Crippen LogP contribution in [0, 0.1) is 5.41 Å². The lowest BCUT2D eigenvalue weighted by Crippen LogP contribution is -2.24. The van der Waals surface area contributed by atoms with E-state index >= 15 is 0 Å². The Hall–Kier alpha value is -2.14. The summed E-state index contributed by atoms with van der Waals surface area (Å²) in [7, 11) is 0. The lowest BCUT2D eigenvalue weighted by Gasteiger charge is -2.17. The van der Waals surface area contributed by atoms with E-state index in [1.807, 2.05) is 62.5 Å². The summed E-state index contributed by atoms with van der Waals surface area (Å²) >= 11 is 1.63. The van der Waals surface area contributed by atoms with Gasteiger partial charge in [0.05, 0.1) is 13.0 Å². The molecule has 0 bridgehead atoms. The molecule has 0 spiro atoms. The van der Waals surface area contributed by atoms with E-state index in [9.17, 15) is 9.59 Å². The molecule has 2 rings (SSSR count). The molecule has 1 heterocycles. The highest BCUT2D eigenvalue weighted by Gasteiger charge is 2.15. The van der Waals surface area contributed by atoms with Crippen molar-refractivity contribution in [1.82, 2.24) is 5.32 Å². The van der Waals surface area contributed by atoms with E-state index < -0.39 is 0 Å². The number of anilines is 1. The second-order valence-electron chi connectivity index (χ2n) is 7.02. The zero-order chi connectivity index (χ0) is 17.6. The van der Waals surface area contributed by atoms with Gasteiger partial charge >= 0.3 is 0 Å². The first-order valence-electron chi connectivity index (χ1n) is 8.00. The smallest absolute Gasteiger partial charge is 0.224 e. The molecule has 1 aromatic heterocycles. The Morgan fingerprint density at radius 1 is 1.04 bits per heavy atom. The van der Waals surface area contributed by atoms with E-state index in [1.165, 1.54) is 0 Å². The topological polar surface area (TPSA) is 58.2 Å². The summed E-state index contributed by atoms with van der Waals surface area (Å²) in [4.78, 5) is 25.0. The molecule has 24 heavy (non-hydrogen) atoms. The maximum Gasteiger partial charge on any atom is 0.224 e. The standard InChI is InChI=1S/C19H24N2O2S/c1-19(2,3)12-18(23)21-15-8-6-14(7-9-15)11-17(22)20-13-16-5-4-10-24-16/h4-10H,11-13H2,1-3H3,(H,20,22)(H,21,23). The van der Waals surface area contributed by atoms with Gasteiger partial charge in [-0.2, -0.15) is 0 Å². The highest BCUT2D eigenvalue weighted by Crippen LogP contribution is 2.19. The van der Waals surface area contributed by atoms with Gasteiger partial charge in [0.15, 0.2) is 0 Å². The highest BCUT2D eigenvalue weighted by molar-refractivity contribution is 7.09. The first kappa shape index (κ1) is 18.2. The molecule has 0 aliphatic carbocycles. The molecule has 0 atom stereocenters. The van der Waals surface area contributed by atoms with Crippen LogP contribution >= 0.6 is 11.3 Å². The Morgan fingerprint density at radius 3 is 2.33 bits per heavy atom. The lowest BCUT2D eigenvalue weighted by molar-refractivity contribution is -0.120. The van der Waals surface area contributed by atoms with Crippen LogP contribution in [0.25, 0.3) is 0 Å². The van der Waals surface area contributed by atoms with Crippen LogP contribution in [0.1, 0.15) is 37.6 Å². The van der Waals surface area contributed by atoms with Crippen molar-refractivity contribution in [1.29, 1.82) is 0 Å². The predicted octanol–water partition coefficient (Wildman–Crippen LogP) is 3.98. The number of hydrogen-bond acceptors (Lipinski definition) is 3. The summed E-state index contributed by atoms with van der Waals surface area (Å²) in [5.41, 5.74) is 1.64. The van der Waals surface area contributed by atoms with Crippen LogP contribution < -0.4 is 10.6 Å². The molecule has 0 saturated heterocycles. The monoisotopic (exact) mass is 344 g/mol. The van der Waals surface area contributed by atoms with Gasteiger partial charge in [-0.25, -0.2) is 0 Å². The summed E-state index contributed by atoms with van der Waals surface area (Å²) in [6.07, 6.45) is 0.807. The number of nitrogens with one attached hydrogen (secondary N) is 2. The molecule has 4 nitrogen and oxygen atoms in total. The largest absolute Gasteiger partial charge is 0.351 e. The third-order valence-electron chi connectivity index (χ3n) is 3.33. The van der Waals surface area contributed by atoms with Crippen molar-refractivity contribution in [2.75, 3.05) is 5.32 Å². The van der Waals surface area contributed by atoms with Gasteiger partial charge < -0.3 is 10.6 Å². The van der Waals surface area contributed by atoms with Crippen LogP contribution in [-0.4, -0.2) is 11.8 Å². The average molecular weight is 344 g/mol. The van der Waals surface area contributed by atoms with Crippen LogP contribution in [-0.2, 0) is 22.6 Å². The number of carbonyl (C=O) groups excluding carboxylic acids is 2. The zero-order valence-corrected chi connectivity index (χ0v) is 15.2. The van der Waals surface area contributed by atoms with Crippen LogP contribution in [0.2, 0.25) is 0 Å². The Bertz CT molecular complexity index is 670. The second-order valence-corrected chi connectivity index (χ2v) is 8.05. The molecule has 0 saturated carbocycles. The molecule has 0 unspecified atom stereocenters. The first-order chi connectivity index (χ1) is 11.3. The Kier molecular flexibility index (Phi) is 6.15. The maximum absolute atomic E-state index is 12.0. The van der Waals surface area contributed by atoms with Gasteiger partial charge in [-0.15, -0.1) is 11.3 Å². The van der Waals surface area contributed by atoms with Gasteiger partial charge in [0.2, 0.25) is 11.8 Å².